The van der Waals surface area contributed by atoms with E-state index >= 15 is 0 Å². The number of nitrogens with one attached hydrogen (secondary N) is 1. The fraction of sp³-hybridized carbons (Fsp3) is 0.500. The molecule has 0 unspecified atom stereocenters. The second-order valence-corrected chi connectivity index (χ2v) is 6.88. The largest absolute Gasteiger partial charge is 0.322 e. The predicted molar refractivity (Wildman–Crippen MR) is 85.1 cm³/mol. The first-order chi connectivity index (χ1) is 10.2. The lowest BCUT2D eigenvalue weighted by Gasteiger charge is -2.32. The Morgan fingerprint density at radius 1 is 1.19 bits per heavy atom. The molecule has 4 rings (SSSR count). The third kappa shape index (κ3) is 2.11. The summed E-state index contributed by atoms with van der Waals surface area (Å²) in [5, 5.41) is 3.45. The third-order valence-corrected chi connectivity index (χ3v) is 5.07. The lowest BCUT2D eigenvalue weighted by Crippen LogP contribution is -2.34. The monoisotopic (exact) mass is 281 g/mol. The van der Waals surface area contributed by atoms with E-state index in [-0.39, 0.29) is 5.54 Å². The number of aromatic nitrogens is 2. The second kappa shape index (κ2) is 4.70. The van der Waals surface area contributed by atoms with Crippen molar-refractivity contribution in [1.29, 1.82) is 0 Å². The van der Waals surface area contributed by atoms with Crippen LogP contribution in [0, 0.1) is 5.92 Å². The molecule has 1 aromatic carbocycles. The Morgan fingerprint density at radius 2 is 1.95 bits per heavy atom. The average Bonchev–Trinajstić information content (AvgIpc) is 3.29. The lowest BCUT2D eigenvalue weighted by molar-refractivity contribution is 0.297. The van der Waals surface area contributed by atoms with E-state index in [9.17, 15) is 0 Å². The van der Waals surface area contributed by atoms with Crippen LogP contribution in [-0.4, -0.2) is 16.1 Å². The summed E-state index contributed by atoms with van der Waals surface area (Å²) >= 11 is 0. The highest BCUT2D eigenvalue weighted by molar-refractivity contribution is 5.57. The Labute approximate surface area is 126 Å². The minimum absolute atomic E-state index is 0.170. The molecule has 1 aliphatic heterocycles. The molecule has 0 bridgehead atoms. The summed E-state index contributed by atoms with van der Waals surface area (Å²) in [6, 6.07) is 10.6. The summed E-state index contributed by atoms with van der Waals surface area (Å²) in [5.41, 5.74) is 4.10. The van der Waals surface area contributed by atoms with Gasteiger partial charge in [-0.1, -0.05) is 30.3 Å². The van der Waals surface area contributed by atoms with Gasteiger partial charge in [-0.3, -0.25) is 0 Å². The van der Waals surface area contributed by atoms with E-state index in [0.29, 0.717) is 0 Å². The summed E-state index contributed by atoms with van der Waals surface area (Å²) in [6.45, 7) is 6.75. The van der Waals surface area contributed by atoms with Gasteiger partial charge in [-0.25, -0.2) is 4.98 Å². The third-order valence-electron chi connectivity index (χ3n) is 5.07. The maximum Gasteiger partial charge on any atom is 0.141 e. The zero-order valence-corrected chi connectivity index (χ0v) is 12.9. The van der Waals surface area contributed by atoms with E-state index in [1.54, 1.807) is 0 Å². The quantitative estimate of drug-likeness (QED) is 0.935. The lowest BCUT2D eigenvalue weighted by atomic mass is 9.96. The maximum atomic E-state index is 5.00. The minimum atomic E-state index is 0.170. The van der Waals surface area contributed by atoms with Gasteiger partial charge in [0, 0.05) is 36.3 Å². The molecule has 0 spiro atoms. The van der Waals surface area contributed by atoms with E-state index in [2.05, 4.69) is 54.1 Å². The number of hydrogen-bond donors (Lipinski definition) is 1. The van der Waals surface area contributed by atoms with Gasteiger partial charge in [0.05, 0.1) is 5.69 Å². The molecule has 1 aromatic heterocycles. The van der Waals surface area contributed by atoms with Crippen molar-refractivity contribution >= 4 is 0 Å². The van der Waals surface area contributed by atoms with E-state index in [1.165, 1.54) is 29.8 Å². The van der Waals surface area contributed by atoms with E-state index in [1.807, 2.05) is 0 Å². The Bertz CT molecular complexity index is 651. The van der Waals surface area contributed by atoms with Gasteiger partial charge in [-0.15, -0.1) is 0 Å². The standard InChI is InChI=1S/C18H23N3/c1-18(2,14-8-9-14)21-16-10-11-19-12-15(16)20-17(21)13-6-4-3-5-7-13/h3-7,14,19H,8-12H2,1-2H3. The fourth-order valence-corrected chi connectivity index (χ4v) is 3.68. The van der Waals surface area contributed by atoms with Crippen molar-refractivity contribution in [3.63, 3.8) is 0 Å². The van der Waals surface area contributed by atoms with Crippen LogP contribution in [0.5, 0.6) is 0 Å². The van der Waals surface area contributed by atoms with Gasteiger partial charge in [-0.2, -0.15) is 0 Å². The normalized spacial score (nSPS) is 18.6. The van der Waals surface area contributed by atoms with Gasteiger partial charge in [0.2, 0.25) is 0 Å². The van der Waals surface area contributed by atoms with Crippen LogP contribution in [0.4, 0.5) is 0 Å². The topological polar surface area (TPSA) is 29.9 Å². The first-order valence-electron chi connectivity index (χ1n) is 8.05. The summed E-state index contributed by atoms with van der Waals surface area (Å²) in [4.78, 5) is 5.00. The SMILES string of the molecule is CC(C)(C1CC1)n1c(-c2ccccc2)nc2c1CCNC2. The van der Waals surface area contributed by atoms with Gasteiger partial charge in [0.25, 0.3) is 0 Å². The molecule has 2 aromatic rings. The van der Waals surface area contributed by atoms with Crippen LogP contribution in [0.15, 0.2) is 30.3 Å². The molecule has 1 N–H and O–H groups in total. The van der Waals surface area contributed by atoms with Crippen molar-refractivity contribution in [1.82, 2.24) is 14.9 Å². The van der Waals surface area contributed by atoms with Crippen molar-refractivity contribution in [2.75, 3.05) is 6.54 Å². The Hall–Kier alpha value is -1.61. The minimum Gasteiger partial charge on any atom is -0.322 e. The summed E-state index contributed by atoms with van der Waals surface area (Å²) in [5.74, 6) is 1.95. The van der Waals surface area contributed by atoms with Crippen LogP contribution in [-0.2, 0) is 18.5 Å². The molecule has 0 radical (unpaired) electrons. The molecular weight excluding hydrogens is 258 g/mol. The maximum absolute atomic E-state index is 5.00. The molecule has 2 aliphatic rings. The van der Waals surface area contributed by atoms with E-state index in [4.69, 9.17) is 4.98 Å². The van der Waals surface area contributed by atoms with Gasteiger partial charge < -0.3 is 9.88 Å². The predicted octanol–water partition coefficient (Wildman–Crippen LogP) is 3.34. The zero-order chi connectivity index (χ0) is 14.4. The molecule has 1 saturated carbocycles. The van der Waals surface area contributed by atoms with Gasteiger partial charge in [0.15, 0.2) is 0 Å². The molecule has 0 amide bonds. The summed E-state index contributed by atoms with van der Waals surface area (Å²) in [6.07, 6.45) is 3.80. The number of hydrogen-bond acceptors (Lipinski definition) is 2. The Kier molecular flexibility index (Phi) is 2.93. The van der Waals surface area contributed by atoms with Gasteiger partial charge >= 0.3 is 0 Å². The van der Waals surface area contributed by atoms with Crippen LogP contribution >= 0.6 is 0 Å². The summed E-state index contributed by atoms with van der Waals surface area (Å²) < 4.78 is 2.55. The number of fused-ring (bicyclic) bond motifs is 1. The van der Waals surface area contributed by atoms with Crippen LogP contribution in [0.1, 0.15) is 38.1 Å². The van der Waals surface area contributed by atoms with Crippen LogP contribution < -0.4 is 5.32 Å². The van der Waals surface area contributed by atoms with Crippen molar-refractivity contribution < 1.29 is 0 Å². The van der Waals surface area contributed by atoms with Crippen LogP contribution in [0.2, 0.25) is 0 Å². The number of rotatable bonds is 3. The van der Waals surface area contributed by atoms with Gasteiger partial charge in [0.1, 0.15) is 5.82 Å². The molecule has 21 heavy (non-hydrogen) atoms. The van der Waals surface area contributed by atoms with E-state index in [0.717, 1.165) is 31.3 Å². The highest BCUT2D eigenvalue weighted by Crippen LogP contribution is 2.46. The zero-order valence-electron chi connectivity index (χ0n) is 12.9. The van der Waals surface area contributed by atoms with Crippen LogP contribution in [0.3, 0.4) is 0 Å². The van der Waals surface area contributed by atoms with Crippen molar-refractivity contribution in [3.05, 3.63) is 41.7 Å². The molecule has 3 heteroatoms. The molecule has 3 nitrogen and oxygen atoms in total. The highest BCUT2D eigenvalue weighted by atomic mass is 15.2. The smallest absolute Gasteiger partial charge is 0.141 e. The molecular formula is C18H23N3. The molecule has 1 aliphatic carbocycles. The van der Waals surface area contributed by atoms with Crippen molar-refractivity contribution in [2.24, 2.45) is 5.92 Å². The number of nitrogens with zero attached hydrogens (tertiary/aromatic N) is 2. The highest BCUT2D eigenvalue weighted by Gasteiger charge is 2.42. The average molecular weight is 281 g/mol. The van der Waals surface area contributed by atoms with Crippen molar-refractivity contribution in [2.45, 2.75) is 45.2 Å². The summed E-state index contributed by atoms with van der Waals surface area (Å²) in [7, 11) is 0. The van der Waals surface area contributed by atoms with Gasteiger partial charge in [-0.05, 0) is 32.6 Å². The number of imidazole rings is 1. The molecule has 0 saturated heterocycles. The Morgan fingerprint density at radius 3 is 2.67 bits per heavy atom. The molecule has 0 atom stereocenters. The van der Waals surface area contributed by atoms with Crippen LogP contribution in [0.25, 0.3) is 11.4 Å². The number of benzene rings is 1. The van der Waals surface area contributed by atoms with E-state index < -0.39 is 0 Å². The first kappa shape index (κ1) is 13.1. The first-order valence-corrected chi connectivity index (χ1v) is 8.05. The molecule has 110 valence electrons. The molecule has 1 fully saturated rings. The Balaban J connectivity index is 1.91. The molecule has 2 heterocycles. The fourth-order valence-electron chi connectivity index (χ4n) is 3.68. The second-order valence-electron chi connectivity index (χ2n) is 6.88. The van der Waals surface area contributed by atoms with Crippen molar-refractivity contribution in [3.8, 4) is 11.4 Å².